The highest BCUT2D eigenvalue weighted by Gasteiger charge is 2.32. The second-order valence-electron chi connectivity index (χ2n) is 6.80. The molecule has 0 bridgehead atoms. The quantitative estimate of drug-likeness (QED) is 0.693. The van der Waals surface area contributed by atoms with E-state index >= 15 is 0 Å². The predicted octanol–water partition coefficient (Wildman–Crippen LogP) is 3.56. The number of amides is 1. The van der Waals surface area contributed by atoms with E-state index in [0.29, 0.717) is 6.04 Å². The first-order valence-electron chi connectivity index (χ1n) is 8.13. The molecule has 0 aliphatic carbocycles. The average molecular weight is 284 g/mol. The van der Waals surface area contributed by atoms with Crippen LogP contribution in [0.15, 0.2) is 0 Å². The van der Waals surface area contributed by atoms with E-state index in [1.165, 1.54) is 38.5 Å². The smallest absolute Gasteiger partial charge is 0.410 e. The fourth-order valence-corrected chi connectivity index (χ4v) is 2.29. The monoisotopic (exact) mass is 284 g/mol. The first-order chi connectivity index (χ1) is 9.42. The molecule has 0 atom stereocenters. The van der Waals surface area contributed by atoms with Crippen molar-refractivity contribution in [2.24, 2.45) is 0 Å². The zero-order chi connectivity index (χ0) is 15.0. The third-order valence-corrected chi connectivity index (χ3v) is 3.50. The van der Waals surface area contributed by atoms with Crippen molar-refractivity contribution < 1.29 is 9.53 Å². The summed E-state index contributed by atoms with van der Waals surface area (Å²) in [6.07, 6.45) is 7.76. The number of nitrogens with zero attached hydrogens (tertiary/aromatic N) is 1. The van der Waals surface area contributed by atoms with Gasteiger partial charge in [0.1, 0.15) is 5.60 Å². The van der Waals surface area contributed by atoms with Crippen molar-refractivity contribution in [3.8, 4) is 0 Å². The van der Waals surface area contributed by atoms with E-state index in [1.54, 1.807) is 4.90 Å². The van der Waals surface area contributed by atoms with Gasteiger partial charge in [0.15, 0.2) is 0 Å². The van der Waals surface area contributed by atoms with E-state index in [0.717, 1.165) is 19.6 Å². The van der Waals surface area contributed by atoms with Crippen LogP contribution in [0.3, 0.4) is 0 Å². The third kappa shape index (κ3) is 7.13. The Morgan fingerprint density at radius 1 is 1.15 bits per heavy atom. The van der Waals surface area contributed by atoms with Gasteiger partial charge in [0, 0.05) is 19.1 Å². The SMILES string of the molecule is CCCCCCCCNC1CN(C(=O)OC(C)(C)C)C1. The Hall–Kier alpha value is -0.770. The van der Waals surface area contributed by atoms with Crippen molar-refractivity contribution in [1.29, 1.82) is 0 Å². The Balaban J connectivity index is 1.96. The third-order valence-electron chi connectivity index (χ3n) is 3.50. The number of ether oxygens (including phenoxy) is 1. The van der Waals surface area contributed by atoms with Crippen molar-refractivity contribution in [2.75, 3.05) is 19.6 Å². The number of rotatable bonds is 8. The molecule has 0 unspecified atom stereocenters. The molecule has 1 fully saturated rings. The van der Waals surface area contributed by atoms with Gasteiger partial charge in [0.05, 0.1) is 0 Å². The molecule has 118 valence electrons. The van der Waals surface area contributed by atoms with E-state index in [1.807, 2.05) is 20.8 Å². The first-order valence-corrected chi connectivity index (χ1v) is 8.13. The van der Waals surface area contributed by atoms with Crippen LogP contribution in [0.2, 0.25) is 0 Å². The van der Waals surface area contributed by atoms with Crippen LogP contribution in [0.1, 0.15) is 66.2 Å². The molecule has 1 saturated heterocycles. The molecule has 4 heteroatoms. The molecule has 1 rings (SSSR count). The molecule has 1 heterocycles. The van der Waals surface area contributed by atoms with Gasteiger partial charge in [0.25, 0.3) is 0 Å². The van der Waals surface area contributed by atoms with E-state index in [2.05, 4.69) is 12.2 Å². The fourth-order valence-electron chi connectivity index (χ4n) is 2.29. The van der Waals surface area contributed by atoms with Gasteiger partial charge in [0.2, 0.25) is 0 Å². The van der Waals surface area contributed by atoms with E-state index in [-0.39, 0.29) is 6.09 Å². The number of carbonyl (C=O) groups is 1. The second kappa shape index (κ2) is 8.50. The molecule has 4 nitrogen and oxygen atoms in total. The van der Waals surface area contributed by atoms with Gasteiger partial charge in [-0.1, -0.05) is 39.0 Å². The number of carbonyl (C=O) groups excluding carboxylic acids is 1. The minimum atomic E-state index is -0.395. The Kier molecular flexibility index (Phi) is 7.35. The van der Waals surface area contributed by atoms with E-state index in [4.69, 9.17) is 4.74 Å². The summed E-state index contributed by atoms with van der Waals surface area (Å²) in [4.78, 5) is 13.5. The molecular formula is C16H32N2O2. The molecule has 0 aromatic carbocycles. The van der Waals surface area contributed by atoms with Gasteiger partial charge in [-0.05, 0) is 33.7 Å². The summed E-state index contributed by atoms with van der Waals surface area (Å²) in [7, 11) is 0. The highest BCUT2D eigenvalue weighted by molar-refractivity contribution is 5.69. The molecule has 1 N–H and O–H groups in total. The van der Waals surface area contributed by atoms with Crippen molar-refractivity contribution in [3.63, 3.8) is 0 Å². The maximum absolute atomic E-state index is 11.7. The van der Waals surface area contributed by atoms with Crippen LogP contribution in [0.4, 0.5) is 4.79 Å². The number of hydrogen-bond acceptors (Lipinski definition) is 3. The summed E-state index contributed by atoms with van der Waals surface area (Å²) in [5.41, 5.74) is -0.395. The topological polar surface area (TPSA) is 41.6 Å². The Bertz CT molecular complexity index is 281. The molecule has 20 heavy (non-hydrogen) atoms. The van der Waals surface area contributed by atoms with Gasteiger partial charge < -0.3 is 15.0 Å². The fraction of sp³-hybridized carbons (Fsp3) is 0.938. The molecular weight excluding hydrogens is 252 g/mol. The van der Waals surface area contributed by atoms with Crippen LogP contribution in [0.5, 0.6) is 0 Å². The molecule has 0 radical (unpaired) electrons. The van der Waals surface area contributed by atoms with Crippen molar-refractivity contribution in [3.05, 3.63) is 0 Å². The highest BCUT2D eigenvalue weighted by atomic mass is 16.6. The van der Waals surface area contributed by atoms with E-state index in [9.17, 15) is 4.79 Å². The van der Waals surface area contributed by atoms with Gasteiger partial charge in [-0.25, -0.2) is 4.79 Å². The Morgan fingerprint density at radius 3 is 2.35 bits per heavy atom. The number of likely N-dealkylation sites (tertiary alicyclic amines) is 1. The number of unbranched alkanes of at least 4 members (excludes halogenated alkanes) is 5. The summed E-state index contributed by atoms with van der Waals surface area (Å²) in [6, 6.07) is 0.457. The number of hydrogen-bond donors (Lipinski definition) is 1. The minimum Gasteiger partial charge on any atom is -0.444 e. The van der Waals surface area contributed by atoms with Crippen molar-refractivity contribution in [2.45, 2.75) is 77.9 Å². The summed E-state index contributed by atoms with van der Waals surface area (Å²) in [5, 5.41) is 3.51. The average Bonchev–Trinajstić information content (AvgIpc) is 2.27. The molecule has 1 aliphatic heterocycles. The minimum absolute atomic E-state index is 0.185. The van der Waals surface area contributed by atoms with Crippen molar-refractivity contribution in [1.82, 2.24) is 10.2 Å². The molecule has 0 aromatic rings. The predicted molar refractivity (Wildman–Crippen MR) is 83.0 cm³/mol. The summed E-state index contributed by atoms with van der Waals surface area (Å²) in [5.74, 6) is 0. The lowest BCUT2D eigenvalue weighted by Gasteiger charge is -2.40. The lowest BCUT2D eigenvalue weighted by molar-refractivity contribution is 0.00535. The number of nitrogens with one attached hydrogen (secondary N) is 1. The zero-order valence-corrected chi connectivity index (χ0v) is 13.7. The molecule has 1 aliphatic rings. The molecule has 0 saturated carbocycles. The normalized spacial score (nSPS) is 16.1. The van der Waals surface area contributed by atoms with Crippen LogP contribution in [-0.2, 0) is 4.74 Å². The van der Waals surface area contributed by atoms with E-state index < -0.39 is 5.60 Å². The standard InChI is InChI=1S/C16H32N2O2/c1-5-6-7-8-9-10-11-17-14-12-18(13-14)15(19)20-16(2,3)4/h14,17H,5-13H2,1-4H3. The van der Waals surface area contributed by atoms with Gasteiger partial charge in [-0.15, -0.1) is 0 Å². The largest absolute Gasteiger partial charge is 0.444 e. The highest BCUT2D eigenvalue weighted by Crippen LogP contribution is 2.15. The summed E-state index contributed by atoms with van der Waals surface area (Å²) < 4.78 is 5.33. The van der Waals surface area contributed by atoms with Crippen LogP contribution in [-0.4, -0.2) is 42.3 Å². The van der Waals surface area contributed by atoms with Crippen LogP contribution in [0, 0.1) is 0 Å². The summed E-state index contributed by atoms with van der Waals surface area (Å²) in [6.45, 7) is 10.6. The lowest BCUT2D eigenvalue weighted by Crippen LogP contribution is -2.60. The first kappa shape index (κ1) is 17.3. The van der Waals surface area contributed by atoms with Crippen LogP contribution < -0.4 is 5.32 Å². The van der Waals surface area contributed by atoms with Gasteiger partial charge >= 0.3 is 6.09 Å². The molecule has 0 aromatic heterocycles. The maximum Gasteiger partial charge on any atom is 0.410 e. The van der Waals surface area contributed by atoms with Gasteiger partial charge in [-0.2, -0.15) is 0 Å². The molecule has 0 spiro atoms. The Labute approximate surface area is 124 Å². The maximum atomic E-state index is 11.7. The summed E-state index contributed by atoms with van der Waals surface area (Å²) >= 11 is 0. The zero-order valence-electron chi connectivity index (χ0n) is 13.7. The second-order valence-corrected chi connectivity index (χ2v) is 6.80. The lowest BCUT2D eigenvalue weighted by atomic mass is 10.1. The van der Waals surface area contributed by atoms with Gasteiger partial charge in [-0.3, -0.25) is 0 Å². The van der Waals surface area contributed by atoms with Crippen molar-refractivity contribution >= 4 is 6.09 Å². The Morgan fingerprint density at radius 2 is 1.75 bits per heavy atom. The molecule has 1 amide bonds. The van der Waals surface area contributed by atoms with Crippen LogP contribution in [0.25, 0.3) is 0 Å². The van der Waals surface area contributed by atoms with Crippen LogP contribution >= 0.6 is 0 Å².